The lowest BCUT2D eigenvalue weighted by Crippen LogP contribution is -2.31. The second kappa shape index (κ2) is 9.22. The van der Waals surface area contributed by atoms with E-state index in [4.69, 9.17) is 25.5 Å². The molecule has 2 aromatic carbocycles. The molecule has 1 aliphatic rings. The molecule has 0 unspecified atom stereocenters. The van der Waals surface area contributed by atoms with Gasteiger partial charge in [0.25, 0.3) is 0 Å². The van der Waals surface area contributed by atoms with Crippen LogP contribution < -0.4 is 9.47 Å². The fourth-order valence-electron chi connectivity index (χ4n) is 3.21. The maximum absolute atomic E-state index is 12.9. The van der Waals surface area contributed by atoms with Crippen LogP contribution in [0.25, 0.3) is 17.5 Å². The van der Waals surface area contributed by atoms with E-state index in [9.17, 15) is 4.79 Å². The van der Waals surface area contributed by atoms with E-state index in [1.54, 1.807) is 43.4 Å². The molecule has 1 saturated carbocycles. The summed E-state index contributed by atoms with van der Waals surface area (Å²) in [5.74, 6) is 1.90. The second-order valence-corrected chi connectivity index (χ2v) is 7.53. The zero-order valence-corrected chi connectivity index (χ0v) is 18.0. The van der Waals surface area contributed by atoms with Gasteiger partial charge in [0.1, 0.15) is 11.5 Å². The van der Waals surface area contributed by atoms with Gasteiger partial charge < -0.3 is 18.8 Å². The van der Waals surface area contributed by atoms with E-state index in [0.29, 0.717) is 33.9 Å². The number of amides is 1. The van der Waals surface area contributed by atoms with Crippen LogP contribution in [0, 0.1) is 0 Å². The molecule has 1 amide bonds. The Morgan fingerprint density at radius 2 is 2.00 bits per heavy atom. The number of aromatic nitrogens is 2. The van der Waals surface area contributed by atoms with Crippen LogP contribution >= 0.6 is 11.6 Å². The van der Waals surface area contributed by atoms with Gasteiger partial charge in [-0.15, -0.1) is 10.2 Å². The van der Waals surface area contributed by atoms with Crippen LogP contribution in [0.5, 0.6) is 11.5 Å². The van der Waals surface area contributed by atoms with Gasteiger partial charge in [-0.3, -0.25) is 4.79 Å². The highest BCUT2D eigenvalue weighted by Crippen LogP contribution is 2.31. The average molecular weight is 440 g/mol. The van der Waals surface area contributed by atoms with Crippen molar-refractivity contribution in [2.45, 2.75) is 25.4 Å². The van der Waals surface area contributed by atoms with Gasteiger partial charge in [0.2, 0.25) is 17.7 Å². The molecule has 3 aromatic rings. The molecule has 0 radical (unpaired) electrons. The number of benzene rings is 2. The van der Waals surface area contributed by atoms with Gasteiger partial charge in [-0.2, -0.15) is 0 Å². The maximum atomic E-state index is 12.9. The maximum Gasteiger partial charge on any atom is 0.249 e. The molecule has 1 aromatic heterocycles. The molecule has 31 heavy (non-hydrogen) atoms. The molecule has 1 fully saturated rings. The molecule has 4 rings (SSSR count). The molecule has 8 heteroatoms. The normalized spacial score (nSPS) is 13.4. The topological polar surface area (TPSA) is 77.7 Å². The molecule has 1 heterocycles. The first-order valence-electron chi connectivity index (χ1n) is 9.87. The van der Waals surface area contributed by atoms with E-state index >= 15 is 0 Å². The Morgan fingerprint density at radius 3 is 2.71 bits per heavy atom. The Bertz CT molecular complexity index is 1110. The van der Waals surface area contributed by atoms with Crippen LogP contribution in [-0.2, 0) is 11.3 Å². The number of halogens is 1. The van der Waals surface area contributed by atoms with Crippen molar-refractivity contribution in [1.29, 1.82) is 0 Å². The average Bonchev–Trinajstić information content (AvgIpc) is 3.53. The van der Waals surface area contributed by atoms with Crippen molar-refractivity contribution in [3.8, 4) is 23.0 Å². The largest absolute Gasteiger partial charge is 0.497 e. The van der Waals surface area contributed by atoms with Crippen molar-refractivity contribution < 1.29 is 18.7 Å². The van der Waals surface area contributed by atoms with E-state index in [-0.39, 0.29) is 18.5 Å². The SMILES string of the molecule is COc1ccc(OC)c(/C=C/C(=O)N(Cc2nnc(-c3ccccc3Cl)o2)C2CC2)c1. The predicted molar refractivity (Wildman–Crippen MR) is 117 cm³/mol. The van der Waals surface area contributed by atoms with Gasteiger partial charge in [0.05, 0.1) is 31.4 Å². The molecule has 0 aliphatic heterocycles. The third-order valence-corrected chi connectivity index (χ3v) is 5.32. The zero-order chi connectivity index (χ0) is 21.8. The molecule has 0 bridgehead atoms. The zero-order valence-electron chi connectivity index (χ0n) is 17.2. The van der Waals surface area contributed by atoms with Gasteiger partial charge >= 0.3 is 0 Å². The highest BCUT2D eigenvalue weighted by Gasteiger charge is 2.33. The highest BCUT2D eigenvalue weighted by molar-refractivity contribution is 6.33. The van der Waals surface area contributed by atoms with E-state index < -0.39 is 0 Å². The highest BCUT2D eigenvalue weighted by atomic mass is 35.5. The van der Waals surface area contributed by atoms with Crippen LogP contribution in [-0.4, -0.2) is 41.3 Å². The first-order chi connectivity index (χ1) is 15.1. The quantitative estimate of drug-likeness (QED) is 0.477. The fourth-order valence-corrected chi connectivity index (χ4v) is 3.42. The molecule has 0 saturated heterocycles. The minimum absolute atomic E-state index is 0.134. The van der Waals surface area contributed by atoms with Crippen molar-refractivity contribution in [2.24, 2.45) is 0 Å². The smallest absolute Gasteiger partial charge is 0.249 e. The van der Waals surface area contributed by atoms with Gasteiger partial charge in [0.15, 0.2) is 0 Å². The molecular formula is C23H22ClN3O4. The van der Waals surface area contributed by atoms with Crippen LogP contribution in [0.3, 0.4) is 0 Å². The summed E-state index contributed by atoms with van der Waals surface area (Å²) in [6.07, 6.45) is 5.16. The predicted octanol–water partition coefficient (Wildman–Crippen LogP) is 4.61. The summed E-state index contributed by atoms with van der Waals surface area (Å²) in [5, 5.41) is 8.72. The number of ether oxygens (including phenoxy) is 2. The molecule has 0 N–H and O–H groups in total. The van der Waals surface area contributed by atoms with E-state index in [1.807, 2.05) is 24.3 Å². The summed E-state index contributed by atoms with van der Waals surface area (Å²) in [6.45, 7) is 0.237. The molecule has 0 spiro atoms. The fraction of sp³-hybridized carbons (Fsp3) is 0.261. The monoisotopic (exact) mass is 439 g/mol. The van der Waals surface area contributed by atoms with Crippen LogP contribution in [0.15, 0.2) is 53.0 Å². The van der Waals surface area contributed by atoms with Crippen LogP contribution in [0.2, 0.25) is 5.02 Å². The Balaban J connectivity index is 1.51. The van der Waals surface area contributed by atoms with Gasteiger partial charge in [-0.05, 0) is 49.2 Å². The number of methoxy groups -OCH3 is 2. The number of hydrogen-bond donors (Lipinski definition) is 0. The van der Waals surface area contributed by atoms with Gasteiger partial charge in [0, 0.05) is 17.7 Å². The van der Waals surface area contributed by atoms with E-state index in [2.05, 4.69) is 10.2 Å². The molecule has 7 nitrogen and oxygen atoms in total. The van der Waals surface area contributed by atoms with Crippen LogP contribution in [0.4, 0.5) is 0 Å². The summed E-state index contributed by atoms with van der Waals surface area (Å²) in [6, 6.07) is 12.9. The minimum atomic E-state index is -0.134. The summed E-state index contributed by atoms with van der Waals surface area (Å²) >= 11 is 6.21. The Morgan fingerprint density at radius 1 is 1.19 bits per heavy atom. The number of carbonyl (C=O) groups is 1. The van der Waals surface area contributed by atoms with Crippen molar-refractivity contribution >= 4 is 23.6 Å². The minimum Gasteiger partial charge on any atom is -0.497 e. The van der Waals surface area contributed by atoms with Crippen molar-refractivity contribution in [3.63, 3.8) is 0 Å². The Hall–Kier alpha value is -3.32. The lowest BCUT2D eigenvalue weighted by molar-refractivity contribution is -0.127. The summed E-state index contributed by atoms with van der Waals surface area (Å²) in [7, 11) is 3.18. The van der Waals surface area contributed by atoms with Gasteiger partial charge in [-0.1, -0.05) is 23.7 Å². The van der Waals surface area contributed by atoms with Crippen molar-refractivity contribution in [3.05, 3.63) is 65.0 Å². The standard InChI is InChI=1S/C23H22ClN3O4/c1-29-17-10-11-20(30-2)15(13-17)7-12-22(28)27(16-8-9-16)14-21-25-26-23(31-21)18-5-3-4-6-19(18)24/h3-7,10-13,16H,8-9,14H2,1-2H3/b12-7+. The summed E-state index contributed by atoms with van der Waals surface area (Å²) in [5.41, 5.74) is 1.42. The third-order valence-electron chi connectivity index (χ3n) is 4.99. The Kier molecular flexibility index (Phi) is 6.23. The third kappa shape index (κ3) is 4.88. The molecule has 0 atom stereocenters. The number of carbonyl (C=O) groups excluding carboxylic acids is 1. The van der Waals surface area contributed by atoms with E-state index in [0.717, 1.165) is 18.4 Å². The number of hydrogen-bond acceptors (Lipinski definition) is 6. The first-order valence-corrected chi connectivity index (χ1v) is 10.2. The number of nitrogens with zero attached hydrogens (tertiary/aromatic N) is 3. The summed E-state index contributed by atoms with van der Waals surface area (Å²) < 4.78 is 16.4. The first kappa shape index (κ1) is 20.9. The van der Waals surface area contributed by atoms with E-state index in [1.165, 1.54) is 6.08 Å². The lowest BCUT2D eigenvalue weighted by atomic mass is 10.1. The van der Waals surface area contributed by atoms with Crippen molar-refractivity contribution in [2.75, 3.05) is 14.2 Å². The second-order valence-electron chi connectivity index (χ2n) is 7.12. The molecule has 1 aliphatic carbocycles. The molecular weight excluding hydrogens is 418 g/mol. The van der Waals surface area contributed by atoms with Gasteiger partial charge in [-0.25, -0.2) is 0 Å². The van der Waals surface area contributed by atoms with Crippen molar-refractivity contribution in [1.82, 2.24) is 15.1 Å². The Labute approximate surface area is 185 Å². The summed E-state index contributed by atoms with van der Waals surface area (Å²) in [4.78, 5) is 14.7. The lowest BCUT2D eigenvalue weighted by Gasteiger charge is -2.18. The van der Waals surface area contributed by atoms with Crippen LogP contribution in [0.1, 0.15) is 24.3 Å². The molecule has 160 valence electrons. The number of rotatable bonds is 8.